The van der Waals surface area contributed by atoms with Crippen molar-refractivity contribution in [1.29, 1.82) is 0 Å². The molecule has 1 fully saturated rings. The van der Waals surface area contributed by atoms with Crippen molar-refractivity contribution in [3.63, 3.8) is 0 Å². The molecule has 1 aliphatic rings. The van der Waals surface area contributed by atoms with Crippen molar-refractivity contribution in [2.45, 2.75) is 50.0 Å². The lowest BCUT2D eigenvalue weighted by molar-refractivity contribution is -0.265. The summed E-state index contributed by atoms with van der Waals surface area (Å²) in [6.07, 6.45) is -1.66. The van der Waals surface area contributed by atoms with E-state index in [4.69, 9.17) is 4.74 Å². The monoisotopic (exact) mass is 601 g/mol. The lowest BCUT2D eigenvalue weighted by Gasteiger charge is -2.32. The smallest absolute Gasteiger partial charge is 0.424 e. The number of fused-ring (bicyclic) bond motifs is 1. The molecule has 0 spiro atoms. The number of nitrogens with zero attached hydrogens (tertiary/aromatic N) is 2. The first-order valence-corrected chi connectivity index (χ1v) is 13.4. The lowest BCUT2D eigenvalue weighted by Crippen LogP contribution is -2.51. The van der Waals surface area contributed by atoms with Gasteiger partial charge in [-0.1, -0.05) is 0 Å². The fourth-order valence-electron chi connectivity index (χ4n) is 4.79. The topological polar surface area (TPSA) is 105 Å². The number of aromatic nitrogens is 2. The van der Waals surface area contributed by atoms with Gasteiger partial charge in [0, 0.05) is 28.3 Å². The molecule has 3 N–H and O–H groups in total. The van der Waals surface area contributed by atoms with Gasteiger partial charge in [0.25, 0.3) is 5.91 Å². The van der Waals surface area contributed by atoms with Gasteiger partial charge in [-0.2, -0.15) is 13.2 Å². The van der Waals surface area contributed by atoms with Crippen molar-refractivity contribution in [3.05, 3.63) is 88.7 Å². The van der Waals surface area contributed by atoms with Crippen LogP contribution in [0, 0.1) is 11.6 Å². The van der Waals surface area contributed by atoms with Gasteiger partial charge in [0.15, 0.2) is 5.82 Å². The van der Waals surface area contributed by atoms with Gasteiger partial charge < -0.3 is 20.3 Å². The molecule has 0 bridgehead atoms. The third-order valence-electron chi connectivity index (χ3n) is 7.43. The zero-order valence-electron chi connectivity index (χ0n) is 23.4. The Morgan fingerprint density at radius 1 is 1.05 bits per heavy atom. The van der Waals surface area contributed by atoms with Gasteiger partial charge in [-0.15, -0.1) is 0 Å². The number of rotatable bonds is 8. The molecule has 5 rings (SSSR count). The summed E-state index contributed by atoms with van der Waals surface area (Å²) in [5.41, 5.74) is -6.83. The van der Waals surface area contributed by atoms with Crippen molar-refractivity contribution in [2.75, 3.05) is 13.7 Å². The van der Waals surface area contributed by atoms with E-state index in [-0.39, 0.29) is 16.9 Å². The van der Waals surface area contributed by atoms with Crippen LogP contribution in [-0.2, 0) is 11.2 Å². The van der Waals surface area contributed by atoms with Crippen LogP contribution in [0.25, 0.3) is 22.2 Å². The van der Waals surface area contributed by atoms with E-state index >= 15 is 4.39 Å². The van der Waals surface area contributed by atoms with Gasteiger partial charge in [0.2, 0.25) is 5.60 Å². The van der Waals surface area contributed by atoms with Crippen LogP contribution in [0.3, 0.4) is 0 Å². The van der Waals surface area contributed by atoms with E-state index in [0.717, 1.165) is 56.5 Å². The Hall–Kier alpha value is -4.16. The molecule has 7 nitrogen and oxygen atoms in total. The summed E-state index contributed by atoms with van der Waals surface area (Å²) < 4.78 is 77.9. The van der Waals surface area contributed by atoms with Crippen molar-refractivity contribution in [3.8, 4) is 17.0 Å². The molecule has 1 saturated carbocycles. The number of aliphatic hydroxyl groups is 2. The zero-order chi connectivity index (χ0) is 31.3. The van der Waals surface area contributed by atoms with Gasteiger partial charge in [0.05, 0.1) is 24.9 Å². The number of benzene rings is 2. The summed E-state index contributed by atoms with van der Waals surface area (Å²) in [5.74, 6) is -2.20. The van der Waals surface area contributed by atoms with Crippen LogP contribution in [-0.4, -0.2) is 45.9 Å². The Labute approximate surface area is 243 Å². The molecule has 1 atom stereocenters. The summed E-state index contributed by atoms with van der Waals surface area (Å²) in [7, 11) is 1.37. The molecule has 12 heteroatoms. The van der Waals surface area contributed by atoms with Crippen molar-refractivity contribution in [2.24, 2.45) is 0 Å². The van der Waals surface area contributed by atoms with Gasteiger partial charge in [-0.25, -0.2) is 13.8 Å². The maximum atomic E-state index is 15.5. The third kappa shape index (κ3) is 5.89. The van der Waals surface area contributed by atoms with E-state index in [2.05, 4.69) is 15.3 Å². The summed E-state index contributed by atoms with van der Waals surface area (Å²) in [4.78, 5) is 21.4. The maximum Gasteiger partial charge on any atom is 0.424 e. The summed E-state index contributed by atoms with van der Waals surface area (Å²) in [5, 5.41) is 24.3. The second kappa shape index (κ2) is 10.8. The first kappa shape index (κ1) is 30.3. The SMILES string of the molecule is COc1cc(C(=O)NC[C@](O)(c2cc(C(C)(C)O)c(F)c(-c3ccc(F)cc3)n2)C(F)(F)F)cc2cc(C3CC3)cnc12. The molecule has 0 aliphatic heterocycles. The summed E-state index contributed by atoms with van der Waals surface area (Å²) >= 11 is 0. The van der Waals surface area contributed by atoms with E-state index in [1.165, 1.54) is 19.2 Å². The minimum atomic E-state index is -5.41. The minimum absolute atomic E-state index is 0.0418. The first-order valence-electron chi connectivity index (χ1n) is 13.4. The molecule has 2 aromatic heterocycles. The van der Waals surface area contributed by atoms with Crippen LogP contribution in [0.1, 0.15) is 59.8 Å². The summed E-state index contributed by atoms with van der Waals surface area (Å²) in [6.45, 7) is 0.895. The molecule has 2 aromatic carbocycles. The fraction of sp³-hybridized carbons (Fsp3) is 0.323. The molecule has 226 valence electrons. The Morgan fingerprint density at radius 3 is 2.30 bits per heavy atom. The number of carbonyl (C=O) groups excluding carboxylic acids is 1. The fourth-order valence-corrected chi connectivity index (χ4v) is 4.79. The Balaban J connectivity index is 1.54. The number of amides is 1. The second-order valence-electron chi connectivity index (χ2n) is 11.1. The predicted molar refractivity (Wildman–Crippen MR) is 147 cm³/mol. The van der Waals surface area contributed by atoms with Crippen LogP contribution in [0.2, 0.25) is 0 Å². The number of alkyl halides is 3. The minimum Gasteiger partial charge on any atom is -0.494 e. The highest BCUT2D eigenvalue weighted by molar-refractivity contribution is 6.00. The van der Waals surface area contributed by atoms with Crippen LogP contribution in [0.4, 0.5) is 22.0 Å². The van der Waals surface area contributed by atoms with Crippen LogP contribution in [0.5, 0.6) is 5.75 Å². The molecule has 0 radical (unpaired) electrons. The van der Waals surface area contributed by atoms with Crippen molar-refractivity contribution >= 4 is 16.8 Å². The van der Waals surface area contributed by atoms with E-state index in [1.807, 2.05) is 6.07 Å². The largest absolute Gasteiger partial charge is 0.494 e. The third-order valence-corrected chi connectivity index (χ3v) is 7.43. The molecule has 0 saturated heterocycles. The number of hydrogen-bond donors (Lipinski definition) is 3. The van der Waals surface area contributed by atoms with Gasteiger partial charge in [-0.3, -0.25) is 9.78 Å². The normalized spacial score (nSPS) is 15.3. The Bertz CT molecular complexity index is 1700. The number of pyridine rings is 2. The molecule has 4 aromatic rings. The molecule has 1 aliphatic carbocycles. The van der Waals surface area contributed by atoms with Crippen LogP contribution < -0.4 is 10.1 Å². The number of methoxy groups -OCH3 is 1. The van der Waals surface area contributed by atoms with Crippen molar-refractivity contribution < 1.29 is 41.7 Å². The number of ether oxygens (including phenoxy) is 1. The molecule has 43 heavy (non-hydrogen) atoms. The number of carbonyl (C=O) groups is 1. The van der Waals surface area contributed by atoms with E-state index in [9.17, 15) is 32.6 Å². The highest BCUT2D eigenvalue weighted by Crippen LogP contribution is 2.42. The average molecular weight is 602 g/mol. The van der Waals surface area contributed by atoms with Gasteiger partial charge >= 0.3 is 6.18 Å². The van der Waals surface area contributed by atoms with Crippen LogP contribution >= 0.6 is 0 Å². The Morgan fingerprint density at radius 2 is 1.72 bits per heavy atom. The zero-order valence-corrected chi connectivity index (χ0v) is 23.4. The number of halogens is 5. The molecule has 1 amide bonds. The van der Waals surface area contributed by atoms with Gasteiger partial charge in [-0.05, 0) is 86.7 Å². The number of hydrogen-bond acceptors (Lipinski definition) is 6. The quantitative estimate of drug-likeness (QED) is 0.218. The highest BCUT2D eigenvalue weighted by atomic mass is 19.4. The predicted octanol–water partition coefficient (Wildman–Crippen LogP) is 5.87. The molecular weight excluding hydrogens is 573 g/mol. The molecule has 2 heterocycles. The first-order chi connectivity index (χ1) is 20.1. The van der Waals surface area contributed by atoms with Gasteiger partial charge in [0.1, 0.15) is 22.8 Å². The summed E-state index contributed by atoms with van der Waals surface area (Å²) in [6, 6.07) is 9.37. The number of nitrogens with one attached hydrogen (secondary N) is 1. The average Bonchev–Trinajstić information content (AvgIpc) is 3.80. The van der Waals surface area contributed by atoms with E-state index in [0.29, 0.717) is 22.9 Å². The lowest BCUT2D eigenvalue weighted by atomic mass is 9.90. The van der Waals surface area contributed by atoms with Crippen LogP contribution in [0.15, 0.2) is 54.7 Å². The van der Waals surface area contributed by atoms with Crippen molar-refractivity contribution in [1.82, 2.24) is 15.3 Å². The Kier molecular flexibility index (Phi) is 7.64. The standard InChI is InChI=1S/C31H28F5N3O4/c1-29(2,41)22-13-24(39-27(25(22)33)17-6-8-21(32)9-7-17)30(42,31(34,35)36)15-38-28(40)19-10-18-11-20(16-4-5-16)14-37-26(18)23(12-19)43-3/h6-14,16,41-42H,4-5,15H2,1-3H3,(H,38,40)/t30-/m0/s1. The highest BCUT2D eigenvalue weighted by Gasteiger charge is 2.57. The van der Waals surface area contributed by atoms with E-state index in [1.54, 1.807) is 6.20 Å². The van der Waals surface area contributed by atoms with E-state index < -0.39 is 58.4 Å². The molecule has 0 unspecified atom stereocenters. The maximum absolute atomic E-state index is 15.5. The second-order valence-corrected chi connectivity index (χ2v) is 11.1. The molecular formula is C31H28F5N3O4.